The van der Waals surface area contributed by atoms with Crippen LogP contribution in [0.25, 0.3) is 0 Å². The molecular formula is C25H35N3O3. The van der Waals surface area contributed by atoms with Crippen molar-refractivity contribution < 1.29 is 14.6 Å². The maximum Gasteiger partial charge on any atom is 0.317 e. The molecule has 6 fully saturated rings. The topological polar surface area (TPSA) is 65.0 Å². The average molecular weight is 426 g/mol. The van der Waals surface area contributed by atoms with Gasteiger partial charge in [0.2, 0.25) is 0 Å². The Kier molecular flexibility index (Phi) is 4.47. The highest BCUT2D eigenvalue weighted by Gasteiger charge is 2.58. The molecule has 6 nitrogen and oxygen atoms in total. The fourth-order valence-electron chi connectivity index (χ4n) is 7.96. The van der Waals surface area contributed by atoms with Gasteiger partial charge >= 0.3 is 6.03 Å². The van der Waals surface area contributed by atoms with Gasteiger partial charge < -0.3 is 25.0 Å². The van der Waals surface area contributed by atoms with E-state index in [2.05, 4.69) is 22.3 Å². The highest BCUT2D eigenvalue weighted by molar-refractivity contribution is 5.75. The van der Waals surface area contributed by atoms with Crippen LogP contribution in [0.2, 0.25) is 0 Å². The van der Waals surface area contributed by atoms with Gasteiger partial charge in [-0.25, -0.2) is 4.79 Å². The number of anilines is 1. The van der Waals surface area contributed by atoms with Gasteiger partial charge in [0, 0.05) is 49.2 Å². The first-order valence-corrected chi connectivity index (χ1v) is 12.2. The smallest absolute Gasteiger partial charge is 0.317 e. The molecule has 4 bridgehead atoms. The molecule has 2 heterocycles. The Bertz CT molecular complexity index is 828. The van der Waals surface area contributed by atoms with E-state index in [1.807, 2.05) is 24.0 Å². The summed E-state index contributed by atoms with van der Waals surface area (Å²) in [5.74, 6) is 3.18. The van der Waals surface area contributed by atoms with Crippen molar-refractivity contribution in [2.24, 2.45) is 23.7 Å². The maximum atomic E-state index is 13.2. The zero-order valence-electron chi connectivity index (χ0n) is 18.6. The van der Waals surface area contributed by atoms with E-state index < -0.39 is 5.60 Å². The minimum absolute atomic E-state index is 0.104. The third kappa shape index (κ3) is 3.47. The lowest BCUT2D eigenvalue weighted by Gasteiger charge is -2.60. The SMILES string of the molecule is CCOc1ccc(N2C[C@H]3CN(C(=O)NC45CC6CC(CC(O)(C6)C4)C5)C[C@H]3C2)cc1. The first-order valence-electron chi connectivity index (χ1n) is 12.2. The van der Waals surface area contributed by atoms with Crippen molar-refractivity contribution in [1.29, 1.82) is 0 Å². The molecule has 1 aromatic carbocycles. The summed E-state index contributed by atoms with van der Waals surface area (Å²) >= 11 is 0. The number of carbonyl (C=O) groups excluding carboxylic acids is 1. The third-order valence-electron chi connectivity index (χ3n) is 8.69. The summed E-state index contributed by atoms with van der Waals surface area (Å²) in [7, 11) is 0. The summed E-state index contributed by atoms with van der Waals surface area (Å²) in [6.45, 7) is 6.40. The van der Waals surface area contributed by atoms with Crippen LogP contribution in [0.4, 0.5) is 10.5 Å². The largest absolute Gasteiger partial charge is 0.494 e. The summed E-state index contributed by atoms with van der Waals surface area (Å²) in [6.07, 6.45) is 6.00. The second kappa shape index (κ2) is 7.03. The van der Waals surface area contributed by atoms with Crippen molar-refractivity contribution in [2.75, 3.05) is 37.7 Å². The van der Waals surface area contributed by atoms with Gasteiger partial charge in [-0.3, -0.25) is 0 Å². The Morgan fingerprint density at radius 2 is 1.71 bits per heavy atom. The zero-order chi connectivity index (χ0) is 21.2. The number of urea groups is 1. The number of amides is 2. The predicted molar refractivity (Wildman–Crippen MR) is 119 cm³/mol. The fourth-order valence-corrected chi connectivity index (χ4v) is 7.96. The second-order valence-electron chi connectivity index (χ2n) is 11.2. The van der Waals surface area contributed by atoms with Crippen LogP contribution in [0.1, 0.15) is 45.4 Å². The Hall–Kier alpha value is -1.95. The van der Waals surface area contributed by atoms with Crippen LogP contribution in [0.3, 0.4) is 0 Å². The van der Waals surface area contributed by atoms with E-state index in [-0.39, 0.29) is 11.6 Å². The Morgan fingerprint density at radius 1 is 1.06 bits per heavy atom. The van der Waals surface area contributed by atoms with E-state index in [1.54, 1.807) is 0 Å². The van der Waals surface area contributed by atoms with E-state index in [1.165, 1.54) is 12.1 Å². The number of fused-ring (bicyclic) bond motifs is 1. The van der Waals surface area contributed by atoms with Crippen LogP contribution in [-0.4, -0.2) is 60.0 Å². The molecule has 0 spiro atoms. The van der Waals surface area contributed by atoms with Crippen molar-refractivity contribution >= 4 is 11.7 Å². The zero-order valence-corrected chi connectivity index (χ0v) is 18.6. The molecule has 4 saturated carbocycles. The standard InChI is InChI=1S/C25H35N3O3/c1-2-31-22-5-3-21(4-6-22)27-12-19-14-28(15-20(19)13-27)23(29)26-24-8-17-7-18(9-24)11-25(30,10-17)16-24/h3-6,17-20,30H,2,7-16H2,1H3,(H,26,29)/t17?,18?,19-,20+,24?,25?. The van der Waals surface area contributed by atoms with Gasteiger partial charge in [-0.2, -0.15) is 0 Å². The Balaban J connectivity index is 1.07. The molecule has 0 aromatic heterocycles. The molecule has 2 unspecified atom stereocenters. The summed E-state index contributed by atoms with van der Waals surface area (Å²) < 4.78 is 5.56. The first-order chi connectivity index (χ1) is 14.9. The van der Waals surface area contributed by atoms with Gasteiger partial charge in [0.05, 0.1) is 12.2 Å². The number of hydrogen-bond donors (Lipinski definition) is 2. The number of nitrogens with zero attached hydrogens (tertiary/aromatic N) is 2. The summed E-state index contributed by atoms with van der Waals surface area (Å²) in [6, 6.07) is 8.49. The molecule has 6 heteroatoms. The van der Waals surface area contributed by atoms with E-state index in [9.17, 15) is 9.90 Å². The van der Waals surface area contributed by atoms with Gasteiger partial charge in [-0.15, -0.1) is 0 Å². The maximum absolute atomic E-state index is 13.2. The van der Waals surface area contributed by atoms with Crippen molar-refractivity contribution in [2.45, 2.75) is 56.6 Å². The highest BCUT2D eigenvalue weighted by atomic mass is 16.5. The number of ether oxygens (including phenoxy) is 1. The summed E-state index contributed by atoms with van der Waals surface area (Å²) in [5.41, 5.74) is 0.551. The van der Waals surface area contributed by atoms with Crippen LogP contribution < -0.4 is 15.0 Å². The summed E-state index contributed by atoms with van der Waals surface area (Å²) in [5, 5.41) is 14.4. The molecule has 2 amide bonds. The van der Waals surface area contributed by atoms with E-state index in [0.29, 0.717) is 30.3 Å². The normalized spacial score (nSPS) is 40.3. The second-order valence-corrected chi connectivity index (χ2v) is 11.2. The van der Waals surface area contributed by atoms with Gasteiger partial charge in [0.1, 0.15) is 5.75 Å². The number of hydrogen-bond acceptors (Lipinski definition) is 4. The molecule has 4 atom stereocenters. The molecule has 2 N–H and O–H groups in total. The minimum atomic E-state index is -0.531. The van der Waals surface area contributed by atoms with Gasteiger partial charge in [0.25, 0.3) is 0 Å². The van der Waals surface area contributed by atoms with Crippen molar-refractivity contribution in [1.82, 2.24) is 10.2 Å². The number of nitrogens with one attached hydrogen (secondary N) is 1. The quantitative estimate of drug-likeness (QED) is 0.777. The molecule has 31 heavy (non-hydrogen) atoms. The van der Waals surface area contributed by atoms with Gasteiger partial charge in [-0.1, -0.05) is 0 Å². The van der Waals surface area contributed by atoms with Crippen LogP contribution in [0, 0.1) is 23.7 Å². The summed E-state index contributed by atoms with van der Waals surface area (Å²) in [4.78, 5) is 17.7. The van der Waals surface area contributed by atoms with Gasteiger partial charge in [-0.05, 0) is 81.5 Å². The van der Waals surface area contributed by atoms with E-state index >= 15 is 0 Å². The predicted octanol–water partition coefficient (Wildman–Crippen LogP) is 3.25. The number of likely N-dealkylation sites (tertiary alicyclic amines) is 1. The lowest BCUT2D eigenvalue weighted by atomic mass is 9.51. The lowest BCUT2D eigenvalue weighted by Crippen LogP contribution is -2.66. The Labute approximate surface area is 184 Å². The Morgan fingerprint density at radius 3 is 2.29 bits per heavy atom. The molecule has 168 valence electrons. The number of aliphatic hydroxyl groups is 1. The highest BCUT2D eigenvalue weighted by Crippen LogP contribution is 2.57. The van der Waals surface area contributed by atoms with Crippen LogP contribution >= 0.6 is 0 Å². The number of benzene rings is 1. The number of rotatable bonds is 4. The minimum Gasteiger partial charge on any atom is -0.494 e. The van der Waals surface area contributed by atoms with E-state index in [0.717, 1.165) is 64.0 Å². The fraction of sp³-hybridized carbons (Fsp3) is 0.720. The molecule has 4 aliphatic carbocycles. The molecular weight excluding hydrogens is 390 g/mol. The molecule has 7 rings (SSSR count). The molecule has 2 aliphatic heterocycles. The van der Waals surface area contributed by atoms with Crippen molar-refractivity contribution in [3.63, 3.8) is 0 Å². The molecule has 2 saturated heterocycles. The van der Waals surface area contributed by atoms with Crippen LogP contribution in [0.15, 0.2) is 24.3 Å². The van der Waals surface area contributed by atoms with Crippen molar-refractivity contribution in [3.05, 3.63) is 24.3 Å². The van der Waals surface area contributed by atoms with Gasteiger partial charge in [0.15, 0.2) is 0 Å². The molecule has 0 radical (unpaired) electrons. The van der Waals surface area contributed by atoms with Crippen LogP contribution in [-0.2, 0) is 0 Å². The monoisotopic (exact) mass is 425 g/mol. The third-order valence-corrected chi connectivity index (χ3v) is 8.69. The number of carbonyl (C=O) groups is 1. The van der Waals surface area contributed by atoms with E-state index in [4.69, 9.17) is 4.74 Å². The van der Waals surface area contributed by atoms with Crippen LogP contribution in [0.5, 0.6) is 5.75 Å². The van der Waals surface area contributed by atoms with Crippen molar-refractivity contribution in [3.8, 4) is 5.75 Å². The lowest BCUT2D eigenvalue weighted by molar-refractivity contribution is -0.139. The average Bonchev–Trinajstić information content (AvgIpc) is 3.26. The first kappa shape index (κ1) is 19.7. The molecule has 1 aromatic rings. The molecule has 6 aliphatic rings.